The van der Waals surface area contributed by atoms with Crippen LogP contribution in [0.3, 0.4) is 0 Å². The molecular formula is C15H21N3O3. The lowest BCUT2D eigenvalue weighted by atomic mass is 10.1. The number of carbonyl (C=O) groups is 2. The van der Waals surface area contributed by atoms with Crippen molar-refractivity contribution in [3.05, 3.63) is 29.8 Å². The Bertz CT molecular complexity index is 519. The predicted molar refractivity (Wildman–Crippen MR) is 80.0 cm³/mol. The third kappa shape index (κ3) is 4.03. The summed E-state index contributed by atoms with van der Waals surface area (Å²) in [7, 11) is 0. The minimum Gasteiger partial charge on any atom is -0.364 e. The van der Waals surface area contributed by atoms with Crippen LogP contribution in [0.25, 0.3) is 0 Å². The van der Waals surface area contributed by atoms with Gasteiger partial charge in [-0.2, -0.15) is 0 Å². The van der Waals surface area contributed by atoms with Gasteiger partial charge in [0.1, 0.15) is 6.10 Å². The molecule has 0 aliphatic carbocycles. The number of hydrogen-bond acceptors (Lipinski definition) is 4. The molecule has 21 heavy (non-hydrogen) atoms. The van der Waals surface area contributed by atoms with E-state index in [9.17, 15) is 9.59 Å². The molecule has 0 spiro atoms. The molecule has 4 N–H and O–H groups in total. The van der Waals surface area contributed by atoms with E-state index in [1.165, 1.54) is 0 Å². The van der Waals surface area contributed by atoms with Gasteiger partial charge in [-0.15, -0.1) is 0 Å². The summed E-state index contributed by atoms with van der Waals surface area (Å²) in [5.74, 6) is -0.354. The van der Waals surface area contributed by atoms with E-state index >= 15 is 0 Å². The highest BCUT2D eigenvalue weighted by Crippen LogP contribution is 2.20. The Hall–Kier alpha value is -1.92. The maximum absolute atomic E-state index is 12.1. The second-order valence-electron chi connectivity index (χ2n) is 4.99. The zero-order chi connectivity index (χ0) is 15.2. The van der Waals surface area contributed by atoms with Gasteiger partial charge in [0.05, 0.1) is 6.10 Å². The number of rotatable bonds is 5. The molecule has 2 amide bonds. The van der Waals surface area contributed by atoms with Gasteiger partial charge in [-0.3, -0.25) is 9.59 Å². The maximum Gasteiger partial charge on any atom is 0.253 e. The SMILES string of the molecule is CCNC(=O)c1cccc(NC(=O)C2CCC(CN)O2)c1. The molecule has 2 atom stereocenters. The Kier molecular flexibility index (Phi) is 5.30. The molecule has 1 fully saturated rings. The zero-order valence-electron chi connectivity index (χ0n) is 12.1. The molecule has 1 aliphatic heterocycles. The van der Waals surface area contributed by atoms with E-state index in [4.69, 9.17) is 10.5 Å². The first kappa shape index (κ1) is 15.5. The predicted octanol–water partition coefficient (Wildman–Crippen LogP) is 0.881. The summed E-state index contributed by atoms with van der Waals surface area (Å²) in [5, 5.41) is 5.50. The topological polar surface area (TPSA) is 93.5 Å². The summed E-state index contributed by atoms with van der Waals surface area (Å²) in [6.45, 7) is 2.84. The second-order valence-corrected chi connectivity index (χ2v) is 4.99. The smallest absolute Gasteiger partial charge is 0.253 e. The Morgan fingerprint density at radius 2 is 2.19 bits per heavy atom. The van der Waals surface area contributed by atoms with Crippen LogP contribution in [-0.2, 0) is 9.53 Å². The molecule has 1 aromatic carbocycles. The molecule has 1 saturated heterocycles. The van der Waals surface area contributed by atoms with Crippen molar-refractivity contribution in [2.24, 2.45) is 5.73 Å². The van der Waals surface area contributed by atoms with Gasteiger partial charge in [-0.25, -0.2) is 0 Å². The van der Waals surface area contributed by atoms with Gasteiger partial charge < -0.3 is 21.1 Å². The van der Waals surface area contributed by atoms with E-state index in [0.29, 0.717) is 30.8 Å². The highest BCUT2D eigenvalue weighted by molar-refractivity contribution is 5.98. The standard InChI is InChI=1S/C15H21N3O3/c1-2-17-14(19)10-4-3-5-11(8-10)18-15(20)13-7-6-12(9-16)21-13/h3-5,8,12-13H,2,6-7,9,16H2,1H3,(H,17,19)(H,18,20). The van der Waals surface area contributed by atoms with Gasteiger partial charge in [0.25, 0.3) is 11.8 Å². The second kappa shape index (κ2) is 7.19. The molecule has 0 aromatic heterocycles. The Morgan fingerprint density at radius 3 is 2.86 bits per heavy atom. The first-order chi connectivity index (χ1) is 10.1. The number of carbonyl (C=O) groups excluding carboxylic acids is 2. The minimum absolute atomic E-state index is 0.0394. The third-order valence-corrected chi connectivity index (χ3v) is 3.39. The largest absolute Gasteiger partial charge is 0.364 e. The first-order valence-corrected chi connectivity index (χ1v) is 7.18. The first-order valence-electron chi connectivity index (χ1n) is 7.18. The third-order valence-electron chi connectivity index (χ3n) is 3.39. The fourth-order valence-corrected chi connectivity index (χ4v) is 2.30. The molecule has 0 saturated carbocycles. The van der Waals surface area contributed by atoms with Crippen molar-refractivity contribution in [2.75, 3.05) is 18.4 Å². The monoisotopic (exact) mass is 291 g/mol. The fourth-order valence-electron chi connectivity index (χ4n) is 2.30. The van der Waals surface area contributed by atoms with Crippen molar-refractivity contribution >= 4 is 17.5 Å². The van der Waals surface area contributed by atoms with Crippen molar-refractivity contribution in [3.63, 3.8) is 0 Å². The highest BCUT2D eigenvalue weighted by atomic mass is 16.5. The lowest BCUT2D eigenvalue weighted by Gasteiger charge is -2.13. The van der Waals surface area contributed by atoms with Crippen LogP contribution >= 0.6 is 0 Å². The number of benzene rings is 1. The van der Waals surface area contributed by atoms with E-state index in [1.807, 2.05) is 6.92 Å². The molecule has 1 heterocycles. The van der Waals surface area contributed by atoms with Gasteiger partial charge in [0.15, 0.2) is 0 Å². The summed E-state index contributed by atoms with van der Waals surface area (Å²) in [6, 6.07) is 6.84. The maximum atomic E-state index is 12.1. The molecule has 0 bridgehead atoms. The van der Waals surface area contributed by atoms with Crippen molar-refractivity contribution in [3.8, 4) is 0 Å². The minimum atomic E-state index is -0.466. The molecule has 2 rings (SSSR count). The summed E-state index contributed by atoms with van der Waals surface area (Å²) < 4.78 is 5.54. The Morgan fingerprint density at radius 1 is 1.38 bits per heavy atom. The average Bonchev–Trinajstić information content (AvgIpc) is 2.97. The number of anilines is 1. The molecule has 114 valence electrons. The van der Waals surface area contributed by atoms with E-state index in [-0.39, 0.29) is 17.9 Å². The lowest BCUT2D eigenvalue weighted by molar-refractivity contribution is -0.126. The molecule has 1 aromatic rings. The molecule has 0 radical (unpaired) electrons. The quantitative estimate of drug-likeness (QED) is 0.750. The lowest BCUT2D eigenvalue weighted by Crippen LogP contribution is -2.30. The van der Waals surface area contributed by atoms with Crippen molar-refractivity contribution in [1.82, 2.24) is 5.32 Å². The normalized spacial score (nSPS) is 21.0. The Labute approximate surface area is 124 Å². The molecule has 6 heteroatoms. The van der Waals surface area contributed by atoms with Crippen LogP contribution in [0.4, 0.5) is 5.69 Å². The van der Waals surface area contributed by atoms with Gasteiger partial charge >= 0.3 is 0 Å². The van der Waals surface area contributed by atoms with Crippen molar-refractivity contribution in [1.29, 1.82) is 0 Å². The molecule has 6 nitrogen and oxygen atoms in total. The van der Waals surface area contributed by atoms with Gasteiger partial charge in [0.2, 0.25) is 0 Å². The number of nitrogens with two attached hydrogens (primary N) is 1. The Balaban J connectivity index is 1.98. The summed E-state index contributed by atoms with van der Waals surface area (Å²) in [6.07, 6.45) is 0.964. The highest BCUT2D eigenvalue weighted by Gasteiger charge is 2.29. The summed E-state index contributed by atoms with van der Waals surface area (Å²) in [5.41, 5.74) is 6.63. The van der Waals surface area contributed by atoms with Gasteiger partial charge in [-0.05, 0) is 38.0 Å². The number of nitrogens with one attached hydrogen (secondary N) is 2. The van der Waals surface area contributed by atoms with Gasteiger partial charge in [0, 0.05) is 24.3 Å². The summed E-state index contributed by atoms with van der Waals surface area (Å²) in [4.78, 5) is 23.9. The fraction of sp³-hybridized carbons (Fsp3) is 0.467. The van der Waals surface area contributed by atoms with E-state index in [1.54, 1.807) is 24.3 Å². The van der Waals surface area contributed by atoms with E-state index in [0.717, 1.165) is 6.42 Å². The zero-order valence-corrected chi connectivity index (χ0v) is 12.1. The molecule has 1 aliphatic rings. The number of amides is 2. The summed E-state index contributed by atoms with van der Waals surface area (Å²) >= 11 is 0. The van der Waals surface area contributed by atoms with Crippen LogP contribution in [-0.4, -0.2) is 37.1 Å². The van der Waals surface area contributed by atoms with Crippen LogP contribution in [0.2, 0.25) is 0 Å². The van der Waals surface area contributed by atoms with Gasteiger partial charge in [-0.1, -0.05) is 6.07 Å². The van der Waals surface area contributed by atoms with Crippen molar-refractivity contribution < 1.29 is 14.3 Å². The molecule has 2 unspecified atom stereocenters. The molecular weight excluding hydrogens is 270 g/mol. The van der Waals surface area contributed by atoms with Crippen LogP contribution in [0.15, 0.2) is 24.3 Å². The average molecular weight is 291 g/mol. The van der Waals surface area contributed by atoms with E-state index < -0.39 is 6.10 Å². The van der Waals surface area contributed by atoms with Crippen LogP contribution in [0.5, 0.6) is 0 Å². The van der Waals surface area contributed by atoms with Crippen LogP contribution < -0.4 is 16.4 Å². The van der Waals surface area contributed by atoms with Crippen LogP contribution in [0.1, 0.15) is 30.1 Å². The van der Waals surface area contributed by atoms with Crippen LogP contribution in [0, 0.1) is 0 Å². The number of hydrogen-bond donors (Lipinski definition) is 3. The number of ether oxygens (including phenoxy) is 1. The van der Waals surface area contributed by atoms with Crippen molar-refractivity contribution in [2.45, 2.75) is 32.0 Å². The van der Waals surface area contributed by atoms with E-state index in [2.05, 4.69) is 10.6 Å².